The van der Waals surface area contributed by atoms with Crippen LogP contribution >= 0.6 is 12.6 Å². The molecule has 0 fully saturated rings. The van der Waals surface area contributed by atoms with Crippen molar-refractivity contribution in [3.05, 3.63) is 0 Å². The summed E-state index contributed by atoms with van der Waals surface area (Å²) in [5.74, 6) is -3.05. The average molecular weight is 362 g/mol. The van der Waals surface area contributed by atoms with Crippen LogP contribution in [0.15, 0.2) is 0 Å². The van der Waals surface area contributed by atoms with Crippen LogP contribution in [0.4, 0.5) is 0 Å². The van der Waals surface area contributed by atoms with Gasteiger partial charge in [-0.05, 0) is 19.8 Å². The third kappa shape index (κ3) is 7.18. The lowest BCUT2D eigenvalue weighted by molar-refractivity contribution is -0.142. The van der Waals surface area contributed by atoms with Crippen LogP contribution in [0.2, 0.25) is 0 Å². The first-order chi connectivity index (χ1) is 11.0. The number of carbonyl (C=O) groups is 4. The SMILES string of the molecule is CC(NC(=O)C(NC(=O)C(C)NC(=O)C(N)CS)C(C)C)C(=O)O. The fourth-order valence-electron chi connectivity index (χ4n) is 1.65. The molecule has 0 bridgehead atoms. The summed E-state index contributed by atoms with van der Waals surface area (Å²) in [5.41, 5.74) is 5.51. The van der Waals surface area contributed by atoms with E-state index in [0.717, 1.165) is 0 Å². The molecule has 138 valence electrons. The van der Waals surface area contributed by atoms with Crippen LogP contribution in [-0.2, 0) is 19.2 Å². The number of carboxylic acid groups (broad SMARTS) is 1. The fourth-order valence-corrected chi connectivity index (χ4v) is 1.81. The fraction of sp³-hybridized carbons (Fsp3) is 0.714. The standard InChI is InChI=1S/C14H26N4O5S/c1-6(2)10(13(21)17-8(4)14(22)23)18-11(19)7(3)16-12(20)9(15)5-24/h6-10,24H,5,15H2,1-4H3,(H,16,20)(H,17,21)(H,18,19)(H,22,23). The van der Waals surface area contributed by atoms with Gasteiger partial charge in [-0.2, -0.15) is 12.6 Å². The highest BCUT2D eigenvalue weighted by atomic mass is 32.1. The minimum absolute atomic E-state index is 0.129. The van der Waals surface area contributed by atoms with E-state index in [0.29, 0.717) is 0 Å². The maximum atomic E-state index is 12.1. The van der Waals surface area contributed by atoms with Gasteiger partial charge >= 0.3 is 5.97 Å². The summed E-state index contributed by atoms with van der Waals surface area (Å²) >= 11 is 3.90. The molecule has 0 aromatic rings. The Bertz CT molecular complexity index is 486. The van der Waals surface area contributed by atoms with Gasteiger partial charge in [-0.3, -0.25) is 19.2 Å². The van der Waals surface area contributed by atoms with E-state index in [1.807, 2.05) is 0 Å². The van der Waals surface area contributed by atoms with E-state index in [9.17, 15) is 19.2 Å². The van der Waals surface area contributed by atoms with Gasteiger partial charge in [0, 0.05) is 5.75 Å². The third-order valence-electron chi connectivity index (χ3n) is 3.26. The second kappa shape index (κ2) is 10.1. The van der Waals surface area contributed by atoms with Crippen molar-refractivity contribution in [3.63, 3.8) is 0 Å². The van der Waals surface area contributed by atoms with E-state index in [1.54, 1.807) is 13.8 Å². The largest absolute Gasteiger partial charge is 0.480 e. The van der Waals surface area contributed by atoms with Gasteiger partial charge in [0.1, 0.15) is 18.1 Å². The summed E-state index contributed by atoms with van der Waals surface area (Å²) in [4.78, 5) is 46.7. The minimum atomic E-state index is -1.18. The molecule has 0 radical (unpaired) electrons. The molecule has 24 heavy (non-hydrogen) atoms. The summed E-state index contributed by atoms with van der Waals surface area (Å²) in [6, 6.07) is -3.77. The van der Waals surface area contributed by atoms with E-state index < -0.39 is 47.9 Å². The number of aliphatic carboxylic acids is 1. The highest BCUT2D eigenvalue weighted by Gasteiger charge is 2.29. The van der Waals surface area contributed by atoms with Crippen molar-refractivity contribution >= 4 is 36.3 Å². The molecule has 0 aromatic carbocycles. The molecule has 0 rings (SSSR count). The smallest absolute Gasteiger partial charge is 0.325 e. The Labute approximate surface area is 146 Å². The Morgan fingerprint density at radius 3 is 1.83 bits per heavy atom. The molecule has 10 heteroatoms. The van der Waals surface area contributed by atoms with Crippen molar-refractivity contribution in [1.29, 1.82) is 0 Å². The summed E-state index contributed by atoms with van der Waals surface area (Å²) < 4.78 is 0. The second-order valence-electron chi connectivity index (χ2n) is 5.82. The lowest BCUT2D eigenvalue weighted by Gasteiger charge is -2.25. The number of nitrogens with two attached hydrogens (primary N) is 1. The molecule has 0 aliphatic heterocycles. The Morgan fingerprint density at radius 1 is 0.917 bits per heavy atom. The average Bonchev–Trinajstić information content (AvgIpc) is 2.50. The van der Waals surface area contributed by atoms with E-state index in [-0.39, 0.29) is 11.7 Å². The molecule has 9 nitrogen and oxygen atoms in total. The van der Waals surface area contributed by atoms with Crippen molar-refractivity contribution in [1.82, 2.24) is 16.0 Å². The summed E-state index contributed by atoms with van der Waals surface area (Å²) in [7, 11) is 0. The highest BCUT2D eigenvalue weighted by molar-refractivity contribution is 7.80. The van der Waals surface area contributed by atoms with Gasteiger partial charge in [-0.1, -0.05) is 13.8 Å². The van der Waals surface area contributed by atoms with Gasteiger partial charge in [0.15, 0.2) is 0 Å². The quantitative estimate of drug-likeness (QED) is 0.274. The molecule has 4 atom stereocenters. The van der Waals surface area contributed by atoms with Crippen molar-refractivity contribution in [2.75, 3.05) is 5.75 Å². The summed E-state index contributed by atoms with van der Waals surface area (Å²) in [5, 5.41) is 16.1. The molecular weight excluding hydrogens is 336 g/mol. The normalized spacial score (nSPS) is 15.8. The van der Waals surface area contributed by atoms with Crippen LogP contribution in [0.5, 0.6) is 0 Å². The molecular formula is C14H26N4O5S. The highest BCUT2D eigenvalue weighted by Crippen LogP contribution is 2.03. The van der Waals surface area contributed by atoms with Crippen LogP contribution in [0, 0.1) is 5.92 Å². The first kappa shape index (κ1) is 22.2. The molecule has 0 heterocycles. The maximum Gasteiger partial charge on any atom is 0.325 e. The predicted molar refractivity (Wildman–Crippen MR) is 91.4 cm³/mol. The molecule has 6 N–H and O–H groups in total. The number of rotatable bonds is 9. The van der Waals surface area contributed by atoms with Gasteiger partial charge in [0.2, 0.25) is 17.7 Å². The molecule has 0 saturated heterocycles. The number of thiol groups is 1. The lowest BCUT2D eigenvalue weighted by Crippen LogP contribution is -2.57. The zero-order chi connectivity index (χ0) is 19.0. The molecule has 0 aromatic heterocycles. The van der Waals surface area contributed by atoms with E-state index in [4.69, 9.17) is 10.8 Å². The molecule has 4 unspecified atom stereocenters. The third-order valence-corrected chi connectivity index (χ3v) is 3.65. The maximum absolute atomic E-state index is 12.1. The Kier molecular flexibility index (Phi) is 9.37. The number of amides is 3. The number of hydrogen-bond acceptors (Lipinski definition) is 6. The van der Waals surface area contributed by atoms with Crippen LogP contribution in [0.3, 0.4) is 0 Å². The monoisotopic (exact) mass is 362 g/mol. The van der Waals surface area contributed by atoms with Crippen molar-refractivity contribution < 1.29 is 24.3 Å². The molecule has 0 spiro atoms. The predicted octanol–water partition coefficient (Wildman–Crippen LogP) is -1.52. The Morgan fingerprint density at radius 2 is 1.42 bits per heavy atom. The summed E-state index contributed by atoms with van der Waals surface area (Å²) in [6.07, 6.45) is 0. The zero-order valence-electron chi connectivity index (χ0n) is 14.2. The van der Waals surface area contributed by atoms with Gasteiger partial charge in [-0.25, -0.2) is 0 Å². The Balaban J connectivity index is 4.82. The van der Waals surface area contributed by atoms with Gasteiger partial charge < -0.3 is 26.8 Å². The first-order valence-corrected chi connectivity index (χ1v) is 8.14. The van der Waals surface area contributed by atoms with Crippen molar-refractivity contribution in [3.8, 4) is 0 Å². The number of nitrogens with one attached hydrogen (secondary N) is 3. The van der Waals surface area contributed by atoms with Crippen molar-refractivity contribution in [2.24, 2.45) is 11.7 Å². The van der Waals surface area contributed by atoms with Crippen LogP contribution in [-0.4, -0.2) is 58.7 Å². The molecule has 0 aliphatic rings. The number of carboxylic acids is 1. The zero-order valence-corrected chi connectivity index (χ0v) is 15.1. The van der Waals surface area contributed by atoms with Crippen LogP contribution in [0.25, 0.3) is 0 Å². The van der Waals surface area contributed by atoms with Crippen LogP contribution < -0.4 is 21.7 Å². The van der Waals surface area contributed by atoms with Gasteiger partial charge in [0.25, 0.3) is 0 Å². The van der Waals surface area contributed by atoms with E-state index in [2.05, 4.69) is 28.6 Å². The topological polar surface area (TPSA) is 151 Å². The molecule has 0 aliphatic carbocycles. The van der Waals surface area contributed by atoms with Gasteiger partial charge in [-0.15, -0.1) is 0 Å². The van der Waals surface area contributed by atoms with Gasteiger partial charge in [0.05, 0.1) is 6.04 Å². The molecule has 0 saturated carbocycles. The summed E-state index contributed by atoms with van der Waals surface area (Å²) in [6.45, 7) is 6.18. The molecule has 3 amide bonds. The van der Waals surface area contributed by atoms with Crippen LogP contribution in [0.1, 0.15) is 27.7 Å². The van der Waals surface area contributed by atoms with E-state index >= 15 is 0 Å². The Hall–Kier alpha value is -1.81. The first-order valence-electron chi connectivity index (χ1n) is 7.51. The van der Waals surface area contributed by atoms with E-state index in [1.165, 1.54) is 13.8 Å². The number of hydrogen-bond donors (Lipinski definition) is 6. The second-order valence-corrected chi connectivity index (χ2v) is 6.18. The number of carbonyl (C=O) groups excluding carboxylic acids is 3. The van der Waals surface area contributed by atoms with Crippen molar-refractivity contribution in [2.45, 2.75) is 51.9 Å². The minimum Gasteiger partial charge on any atom is -0.480 e. The lowest BCUT2D eigenvalue weighted by atomic mass is 10.0.